The molecule has 0 saturated carbocycles. The second-order valence-electron chi connectivity index (χ2n) is 6.27. The highest BCUT2D eigenvalue weighted by Gasteiger charge is 2.34. The summed E-state index contributed by atoms with van der Waals surface area (Å²) in [6.45, 7) is 0.0338. The Bertz CT molecular complexity index is 1080. The van der Waals surface area contributed by atoms with E-state index in [1.165, 1.54) is 17.9 Å². The van der Waals surface area contributed by atoms with Crippen LogP contribution in [0.1, 0.15) is 21.6 Å². The Labute approximate surface area is 168 Å². The molecule has 0 aliphatic carbocycles. The SMILES string of the molecule is CO[n+]1ccccc1CNC(=O)c1cc(-c2ccc(C(F)(F)F)c(F)c2)ccc1F. The first-order valence-electron chi connectivity index (χ1n) is 8.69. The van der Waals surface area contributed by atoms with Crippen LogP contribution in [0.5, 0.6) is 0 Å². The first-order valence-corrected chi connectivity index (χ1v) is 8.69. The topological polar surface area (TPSA) is 42.2 Å². The maximum absolute atomic E-state index is 14.2. The van der Waals surface area contributed by atoms with E-state index in [0.29, 0.717) is 17.8 Å². The third-order valence-corrected chi connectivity index (χ3v) is 4.35. The van der Waals surface area contributed by atoms with Crippen LogP contribution in [0.2, 0.25) is 0 Å². The summed E-state index contributed by atoms with van der Waals surface area (Å²) in [4.78, 5) is 17.6. The van der Waals surface area contributed by atoms with Crippen LogP contribution in [0.25, 0.3) is 11.1 Å². The number of nitrogens with one attached hydrogen (secondary N) is 1. The zero-order chi connectivity index (χ0) is 21.9. The molecule has 1 amide bonds. The summed E-state index contributed by atoms with van der Waals surface area (Å²) >= 11 is 0. The Kier molecular flexibility index (Phi) is 6.00. The van der Waals surface area contributed by atoms with Gasteiger partial charge >= 0.3 is 6.18 Å². The van der Waals surface area contributed by atoms with E-state index in [4.69, 9.17) is 4.84 Å². The number of carbonyl (C=O) groups is 1. The molecule has 156 valence electrons. The van der Waals surface area contributed by atoms with E-state index in [1.807, 2.05) is 0 Å². The fraction of sp³-hybridized carbons (Fsp3) is 0.143. The molecule has 3 aromatic rings. The molecule has 0 radical (unpaired) electrons. The van der Waals surface area contributed by atoms with E-state index in [2.05, 4.69) is 5.32 Å². The number of halogens is 5. The van der Waals surface area contributed by atoms with Gasteiger partial charge in [-0.3, -0.25) is 9.63 Å². The van der Waals surface area contributed by atoms with Crippen molar-refractivity contribution in [3.63, 3.8) is 0 Å². The van der Waals surface area contributed by atoms with Crippen molar-refractivity contribution in [3.05, 3.63) is 89.2 Å². The van der Waals surface area contributed by atoms with Crippen molar-refractivity contribution < 1.29 is 36.3 Å². The average Bonchev–Trinajstić information content (AvgIpc) is 2.71. The van der Waals surface area contributed by atoms with Crippen LogP contribution >= 0.6 is 0 Å². The highest BCUT2D eigenvalue weighted by atomic mass is 19.4. The molecule has 0 aliphatic heterocycles. The molecule has 1 heterocycles. The zero-order valence-electron chi connectivity index (χ0n) is 15.6. The molecule has 0 spiro atoms. The molecule has 0 bridgehead atoms. The number of aromatic nitrogens is 1. The fourth-order valence-electron chi connectivity index (χ4n) is 2.85. The van der Waals surface area contributed by atoms with Gasteiger partial charge in [-0.2, -0.15) is 13.2 Å². The lowest BCUT2D eigenvalue weighted by atomic mass is 10.0. The fourth-order valence-corrected chi connectivity index (χ4v) is 2.85. The van der Waals surface area contributed by atoms with Crippen molar-refractivity contribution in [3.8, 4) is 11.1 Å². The predicted octanol–water partition coefficient (Wildman–Crippen LogP) is 3.93. The van der Waals surface area contributed by atoms with Gasteiger partial charge in [0, 0.05) is 16.9 Å². The molecule has 0 fully saturated rings. The van der Waals surface area contributed by atoms with Gasteiger partial charge in [-0.05, 0) is 41.5 Å². The summed E-state index contributed by atoms with van der Waals surface area (Å²) in [5.41, 5.74) is -0.862. The van der Waals surface area contributed by atoms with Gasteiger partial charge < -0.3 is 5.32 Å². The van der Waals surface area contributed by atoms with Crippen molar-refractivity contribution in [2.24, 2.45) is 0 Å². The summed E-state index contributed by atoms with van der Waals surface area (Å²) in [5.74, 6) is -3.02. The van der Waals surface area contributed by atoms with Crippen LogP contribution in [0, 0.1) is 11.6 Å². The highest BCUT2D eigenvalue weighted by molar-refractivity contribution is 5.95. The van der Waals surface area contributed by atoms with Crippen molar-refractivity contribution in [2.75, 3.05) is 7.11 Å². The number of rotatable bonds is 5. The monoisotopic (exact) mass is 423 g/mol. The molecule has 30 heavy (non-hydrogen) atoms. The van der Waals surface area contributed by atoms with Crippen LogP contribution in [0.15, 0.2) is 60.8 Å². The summed E-state index contributed by atoms with van der Waals surface area (Å²) in [6.07, 6.45) is -3.20. The van der Waals surface area contributed by atoms with Gasteiger partial charge in [-0.25, -0.2) is 8.78 Å². The number of pyridine rings is 1. The third-order valence-electron chi connectivity index (χ3n) is 4.35. The predicted molar refractivity (Wildman–Crippen MR) is 97.1 cm³/mol. The van der Waals surface area contributed by atoms with E-state index >= 15 is 0 Å². The molecule has 4 nitrogen and oxygen atoms in total. The first-order chi connectivity index (χ1) is 14.2. The Hall–Kier alpha value is -3.49. The quantitative estimate of drug-likeness (QED) is 0.499. The smallest absolute Gasteiger partial charge is 0.342 e. The summed E-state index contributed by atoms with van der Waals surface area (Å²) < 4.78 is 67.7. The standard InChI is InChI=1S/C21H15F5N2O2/c1-30-28-9-3-2-4-15(28)12-27-20(29)16-10-13(6-8-18(16)22)14-5-7-17(19(23)11-14)21(24,25)26/h2-11H,12H2,1H3/p+1. The molecule has 0 atom stereocenters. The number of nitrogens with zero attached hydrogens (tertiary/aromatic N) is 1. The number of alkyl halides is 3. The van der Waals surface area contributed by atoms with Gasteiger partial charge in [0.15, 0.2) is 0 Å². The molecule has 9 heteroatoms. The van der Waals surface area contributed by atoms with Gasteiger partial charge in [0.25, 0.3) is 11.6 Å². The molecular weight excluding hydrogens is 407 g/mol. The summed E-state index contributed by atoms with van der Waals surface area (Å²) in [7, 11) is 1.44. The van der Waals surface area contributed by atoms with E-state index in [9.17, 15) is 26.7 Å². The molecule has 1 N–H and O–H groups in total. The minimum atomic E-state index is -4.83. The lowest BCUT2D eigenvalue weighted by Gasteiger charge is -2.11. The minimum absolute atomic E-state index is 0.0338. The van der Waals surface area contributed by atoms with E-state index in [0.717, 1.165) is 18.2 Å². The number of amides is 1. The van der Waals surface area contributed by atoms with Crippen molar-refractivity contribution >= 4 is 5.91 Å². The Balaban J connectivity index is 1.85. The van der Waals surface area contributed by atoms with E-state index < -0.39 is 29.3 Å². The summed E-state index contributed by atoms with van der Waals surface area (Å²) in [6, 6.07) is 10.9. The van der Waals surface area contributed by atoms with Crippen LogP contribution in [0.4, 0.5) is 22.0 Å². The van der Waals surface area contributed by atoms with Gasteiger partial charge in [-0.15, -0.1) is 0 Å². The van der Waals surface area contributed by atoms with E-state index in [-0.39, 0.29) is 23.2 Å². The zero-order valence-corrected chi connectivity index (χ0v) is 15.6. The van der Waals surface area contributed by atoms with Gasteiger partial charge in [-0.1, -0.05) is 12.1 Å². The second kappa shape index (κ2) is 8.48. The molecule has 0 unspecified atom stereocenters. The largest absolute Gasteiger partial charge is 0.419 e. The molecular formula is C21H16F5N2O2+. The summed E-state index contributed by atoms with van der Waals surface area (Å²) in [5, 5.41) is 2.55. The average molecular weight is 423 g/mol. The normalized spacial score (nSPS) is 11.3. The highest BCUT2D eigenvalue weighted by Crippen LogP contribution is 2.33. The first kappa shape index (κ1) is 21.2. The number of carbonyl (C=O) groups excluding carboxylic acids is 1. The van der Waals surface area contributed by atoms with Gasteiger partial charge in [0.05, 0.1) is 11.1 Å². The number of hydrogen-bond donors (Lipinski definition) is 1. The minimum Gasteiger partial charge on any atom is -0.342 e. The van der Waals surface area contributed by atoms with Gasteiger partial charge in [0.2, 0.25) is 6.20 Å². The van der Waals surface area contributed by atoms with Crippen molar-refractivity contribution in [2.45, 2.75) is 12.7 Å². The maximum Gasteiger partial charge on any atom is 0.419 e. The molecule has 0 aliphatic rings. The van der Waals surface area contributed by atoms with Crippen LogP contribution in [0.3, 0.4) is 0 Å². The van der Waals surface area contributed by atoms with E-state index in [1.54, 1.807) is 24.4 Å². The van der Waals surface area contributed by atoms with Crippen LogP contribution in [-0.4, -0.2) is 13.0 Å². The van der Waals surface area contributed by atoms with Crippen LogP contribution < -0.4 is 14.9 Å². The lowest BCUT2D eigenvalue weighted by Crippen LogP contribution is -2.45. The van der Waals surface area contributed by atoms with Gasteiger partial charge in [0.1, 0.15) is 25.3 Å². The maximum atomic E-state index is 14.2. The van der Waals surface area contributed by atoms with Crippen molar-refractivity contribution in [1.29, 1.82) is 0 Å². The Morgan fingerprint density at radius 2 is 1.70 bits per heavy atom. The molecule has 0 saturated heterocycles. The van der Waals surface area contributed by atoms with Crippen molar-refractivity contribution in [1.82, 2.24) is 5.32 Å². The lowest BCUT2D eigenvalue weighted by molar-refractivity contribution is -0.890. The molecule has 3 rings (SSSR count). The Morgan fingerprint density at radius 1 is 1.00 bits per heavy atom. The second-order valence-corrected chi connectivity index (χ2v) is 6.27. The van der Waals surface area contributed by atoms with Crippen LogP contribution in [-0.2, 0) is 12.7 Å². The third kappa shape index (κ3) is 4.56. The Morgan fingerprint density at radius 3 is 2.37 bits per heavy atom. The molecule has 1 aromatic heterocycles. The number of hydrogen-bond acceptors (Lipinski definition) is 2. The number of benzene rings is 2. The molecule has 2 aromatic carbocycles.